The summed E-state index contributed by atoms with van der Waals surface area (Å²) in [4.78, 5) is 34.1. The van der Waals surface area contributed by atoms with Gasteiger partial charge in [-0.2, -0.15) is 0 Å². The van der Waals surface area contributed by atoms with Gasteiger partial charge >= 0.3 is 5.97 Å². The number of halogens is 1. The third kappa shape index (κ3) is 4.71. The highest BCUT2D eigenvalue weighted by Gasteiger charge is 2.23. The maximum absolute atomic E-state index is 11.8. The Hall–Kier alpha value is -1.88. The maximum atomic E-state index is 11.8. The number of hydrogen-bond acceptors (Lipinski definition) is 3. The Morgan fingerprint density at radius 2 is 2.05 bits per heavy atom. The molecule has 19 heavy (non-hydrogen) atoms. The van der Waals surface area contributed by atoms with Crippen molar-refractivity contribution in [3.8, 4) is 0 Å². The van der Waals surface area contributed by atoms with Crippen molar-refractivity contribution >= 4 is 29.3 Å². The zero-order valence-electron chi connectivity index (χ0n) is 10.4. The van der Waals surface area contributed by atoms with Crippen LogP contribution in [0.5, 0.6) is 0 Å². The molecule has 0 saturated carbocycles. The minimum absolute atomic E-state index is 0.223. The van der Waals surface area contributed by atoms with E-state index in [4.69, 9.17) is 16.7 Å². The van der Waals surface area contributed by atoms with Gasteiger partial charge in [-0.15, -0.1) is 0 Å². The minimum Gasteiger partial charge on any atom is -0.480 e. The summed E-state index contributed by atoms with van der Waals surface area (Å²) in [5, 5.41) is 11.7. The molecular weight excluding hydrogens is 270 g/mol. The lowest BCUT2D eigenvalue weighted by Gasteiger charge is -2.13. The first-order valence-corrected chi connectivity index (χ1v) is 6.12. The highest BCUT2D eigenvalue weighted by Crippen LogP contribution is 2.11. The predicted octanol–water partition coefficient (Wildman–Crippen LogP) is 1.89. The number of carbonyl (C=O) groups is 3. The Morgan fingerprint density at radius 1 is 1.37 bits per heavy atom. The quantitative estimate of drug-likeness (QED) is 0.835. The molecule has 0 aromatic heterocycles. The van der Waals surface area contributed by atoms with Gasteiger partial charge in [0.1, 0.15) is 11.8 Å². The normalized spacial score (nSPS) is 11.7. The van der Waals surface area contributed by atoms with E-state index >= 15 is 0 Å². The SMILES string of the molecule is CCC(=O)CC(NC(=O)c1cccc(Cl)c1)C(=O)O. The zero-order valence-corrected chi connectivity index (χ0v) is 11.1. The van der Waals surface area contributed by atoms with Crippen molar-refractivity contribution in [1.82, 2.24) is 5.32 Å². The fraction of sp³-hybridized carbons (Fsp3) is 0.308. The number of ketones is 1. The van der Waals surface area contributed by atoms with Gasteiger partial charge in [0, 0.05) is 23.4 Å². The van der Waals surface area contributed by atoms with Crippen LogP contribution in [0.25, 0.3) is 0 Å². The molecule has 0 fully saturated rings. The number of carboxylic acids is 1. The van der Waals surface area contributed by atoms with Gasteiger partial charge in [0.25, 0.3) is 5.91 Å². The Bertz CT molecular complexity index is 501. The summed E-state index contributed by atoms with van der Waals surface area (Å²) in [6, 6.07) is 4.91. The minimum atomic E-state index is -1.24. The number of rotatable bonds is 6. The van der Waals surface area contributed by atoms with Crippen LogP contribution in [0.15, 0.2) is 24.3 Å². The van der Waals surface area contributed by atoms with E-state index in [-0.39, 0.29) is 24.2 Å². The molecule has 1 aromatic rings. The molecule has 2 N–H and O–H groups in total. The van der Waals surface area contributed by atoms with E-state index in [0.717, 1.165) is 0 Å². The number of hydrogen-bond donors (Lipinski definition) is 2. The number of nitrogens with one attached hydrogen (secondary N) is 1. The molecule has 6 heteroatoms. The summed E-state index contributed by atoms with van der Waals surface area (Å²) < 4.78 is 0. The summed E-state index contributed by atoms with van der Waals surface area (Å²) in [6.07, 6.45) is 0.00888. The van der Waals surface area contributed by atoms with Gasteiger partial charge in [-0.3, -0.25) is 9.59 Å². The predicted molar refractivity (Wildman–Crippen MR) is 70.3 cm³/mol. The lowest BCUT2D eigenvalue weighted by atomic mass is 10.1. The van der Waals surface area contributed by atoms with E-state index in [1.54, 1.807) is 19.1 Å². The standard InChI is InChI=1S/C13H14ClNO4/c1-2-10(16)7-11(13(18)19)15-12(17)8-4-3-5-9(14)6-8/h3-6,11H,2,7H2,1H3,(H,15,17)(H,18,19). The summed E-state index contributed by atoms with van der Waals surface area (Å²) in [7, 11) is 0. The van der Waals surface area contributed by atoms with E-state index in [9.17, 15) is 14.4 Å². The number of amides is 1. The van der Waals surface area contributed by atoms with Crippen LogP contribution in [0.1, 0.15) is 30.1 Å². The molecule has 0 aliphatic rings. The number of benzene rings is 1. The van der Waals surface area contributed by atoms with Gasteiger partial charge in [-0.05, 0) is 18.2 Å². The third-order valence-electron chi connectivity index (χ3n) is 2.52. The molecule has 0 heterocycles. The summed E-state index contributed by atoms with van der Waals surface area (Å²) >= 11 is 5.74. The van der Waals surface area contributed by atoms with Crippen LogP contribution < -0.4 is 5.32 Å². The van der Waals surface area contributed by atoms with E-state index < -0.39 is 17.9 Å². The number of carbonyl (C=O) groups excluding carboxylic acids is 2. The Labute approximate surface area is 115 Å². The van der Waals surface area contributed by atoms with Gasteiger partial charge in [0.05, 0.1) is 0 Å². The monoisotopic (exact) mass is 283 g/mol. The molecule has 1 rings (SSSR count). The fourth-order valence-electron chi connectivity index (χ4n) is 1.44. The van der Waals surface area contributed by atoms with E-state index in [1.165, 1.54) is 12.1 Å². The van der Waals surface area contributed by atoms with E-state index in [0.29, 0.717) is 5.02 Å². The molecule has 102 valence electrons. The summed E-state index contributed by atoms with van der Waals surface area (Å²) in [5.74, 6) is -2.03. The van der Waals surface area contributed by atoms with E-state index in [1.807, 2.05) is 0 Å². The molecule has 0 aliphatic heterocycles. The average Bonchev–Trinajstić information content (AvgIpc) is 2.37. The molecule has 1 atom stereocenters. The van der Waals surface area contributed by atoms with Gasteiger partial charge in [0.2, 0.25) is 0 Å². The van der Waals surface area contributed by atoms with Crippen molar-refractivity contribution in [3.63, 3.8) is 0 Å². The molecule has 1 amide bonds. The largest absolute Gasteiger partial charge is 0.480 e. The van der Waals surface area contributed by atoms with E-state index in [2.05, 4.69) is 5.32 Å². The summed E-state index contributed by atoms with van der Waals surface area (Å²) in [5.41, 5.74) is 0.252. The van der Waals surface area contributed by atoms with Gasteiger partial charge in [0.15, 0.2) is 0 Å². The highest BCUT2D eigenvalue weighted by molar-refractivity contribution is 6.31. The van der Waals surface area contributed by atoms with Gasteiger partial charge in [-0.1, -0.05) is 24.6 Å². The second-order valence-electron chi connectivity index (χ2n) is 3.97. The molecular formula is C13H14ClNO4. The fourth-order valence-corrected chi connectivity index (χ4v) is 1.63. The number of Topliss-reactive ketones (excluding diaryl/α,β-unsaturated/α-hetero) is 1. The molecule has 0 aliphatic carbocycles. The molecule has 1 unspecified atom stereocenters. The average molecular weight is 284 g/mol. The number of carboxylic acid groups (broad SMARTS) is 1. The van der Waals surface area contributed by atoms with Crippen LogP contribution in [-0.4, -0.2) is 28.8 Å². The number of aliphatic carboxylic acids is 1. The topological polar surface area (TPSA) is 83.5 Å². The highest BCUT2D eigenvalue weighted by atomic mass is 35.5. The van der Waals surface area contributed by atoms with Crippen LogP contribution in [-0.2, 0) is 9.59 Å². The third-order valence-corrected chi connectivity index (χ3v) is 2.75. The Morgan fingerprint density at radius 3 is 2.58 bits per heavy atom. The molecule has 0 spiro atoms. The molecule has 0 radical (unpaired) electrons. The van der Waals surface area contributed by atoms with Crippen molar-refractivity contribution < 1.29 is 19.5 Å². The lowest BCUT2D eigenvalue weighted by Crippen LogP contribution is -2.42. The van der Waals surface area contributed by atoms with Crippen molar-refractivity contribution in [2.45, 2.75) is 25.8 Å². The lowest BCUT2D eigenvalue weighted by molar-refractivity contribution is -0.141. The molecule has 0 bridgehead atoms. The second-order valence-corrected chi connectivity index (χ2v) is 4.41. The first kappa shape index (κ1) is 15.2. The Balaban J connectivity index is 2.77. The first-order valence-electron chi connectivity index (χ1n) is 5.75. The van der Waals surface area contributed by atoms with Crippen molar-refractivity contribution in [1.29, 1.82) is 0 Å². The van der Waals surface area contributed by atoms with Crippen LogP contribution >= 0.6 is 11.6 Å². The Kier molecular flexibility index (Phi) is 5.51. The van der Waals surface area contributed by atoms with Crippen LogP contribution in [0, 0.1) is 0 Å². The second kappa shape index (κ2) is 6.89. The van der Waals surface area contributed by atoms with Crippen molar-refractivity contribution in [2.24, 2.45) is 0 Å². The van der Waals surface area contributed by atoms with Crippen LogP contribution in [0.3, 0.4) is 0 Å². The molecule has 1 aromatic carbocycles. The first-order chi connectivity index (χ1) is 8.93. The van der Waals surface area contributed by atoms with Crippen LogP contribution in [0.2, 0.25) is 5.02 Å². The smallest absolute Gasteiger partial charge is 0.326 e. The van der Waals surface area contributed by atoms with Gasteiger partial charge < -0.3 is 10.4 Å². The summed E-state index contributed by atoms with van der Waals surface area (Å²) in [6.45, 7) is 1.64. The van der Waals surface area contributed by atoms with Crippen molar-refractivity contribution in [2.75, 3.05) is 0 Å². The molecule has 5 nitrogen and oxygen atoms in total. The van der Waals surface area contributed by atoms with Crippen LogP contribution in [0.4, 0.5) is 0 Å². The maximum Gasteiger partial charge on any atom is 0.326 e. The van der Waals surface area contributed by atoms with Crippen molar-refractivity contribution in [3.05, 3.63) is 34.9 Å². The zero-order chi connectivity index (χ0) is 14.4. The molecule has 0 saturated heterocycles. The van der Waals surface area contributed by atoms with Gasteiger partial charge in [-0.25, -0.2) is 4.79 Å².